The molecule has 1 aliphatic rings. The average molecular weight is 261 g/mol. The Hall–Kier alpha value is -1.09. The molecule has 106 valence electrons. The van der Waals surface area contributed by atoms with Crippen molar-refractivity contribution in [2.75, 3.05) is 25.0 Å². The molecule has 19 heavy (non-hydrogen) atoms. The zero-order valence-electron chi connectivity index (χ0n) is 12.7. The van der Waals surface area contributed by atoms with Crippen molar-refractivity contribution < 1.29 is 0 Å². The minimum absolute atomic E-state index is 0.432. The molecule has 1 N–H and O–H groups in total. The molecule has 1 aliphatic heterocycles. The van der Waals surface area contributed by atoms with Gasteiger partial charge in [-0.15, -0.1) is 0 Å². The first-order chi connectivity index (χ1) is 8.99. The van der Waals surface area contributed by atoms with Crippen LogP contribution in [0, 0.1) is 11.3 Å². The molecule has 1 unspecified atom stereocenters. The second kappa shape index (κ2) is 5.91. The van der Waals surface area contributed by atoms with E-state index < -0.39 is 0 Å². The van der Waals surface area contributed by atoms with E-state index in [0.717, 1.165) is 24.8 Å². The van der Waals surface area contributed by atoms with Crippen LogP contribution in [0.3, 0.4) is 0 Å². The fourth-order valence-electron chi connectivity index (χ4n) is 2.75. The molecule has 1 aromatic rings. The monoisotopic (exact) mass is 261 g/mol. The van der Waals surface area contributed by atoms with Gasteiger partial charge in [-0.3, -0.25) is 4.90 Å². The van der Waals surface area contributed by atoms with Crippen LogP contribution in [-0.4, -0.2) is 29.5 Å². The molecule has 3 heteroatoms. The topological polar surface area (TPSA) is 28.2 Å². The van der Waals surface area contributed by atoms with Crippen LogP contribution in [0.25, 0.3) is 0 Å². The van der Waals surface area contributed by atoms with Gasteiger partial charge in [0.2, 0.25) is 0 Å². The summed E-state index contributed by atoms with van der Waals surface area (Å²) in [7, 11) is 0. The molecule has 0 saturated carbocycles. The fraction of sp³-hybridized carbons (Fsp3) is 0.688. The molecular weight excluding hydrogens is 234 g/mol. The van der Waals surface area contributed by atoms with Crippen molar-refractivity contribution in [1.82, 2.24) is 9.88 Å². The number of anilines is 1. The highest BCUT2D eigenvalue weighted by Crippen LogP contribution is 2.33. The molecule has 0 spiro atoms. The van der Waals surface area contributed by atoms with Gasteiger partial charge in [-0.2, -0.15) is 0 Å². The van der Waals surface area contributed by atoms with Crippen LogP contribution < -0.4 is 5.32 Å². The lowest BCUT2D eigenvalue weighted by Crippen LogP contribution is -2.25. The minimum Gasteiger partial charge on any atom is -0.370 e. The minimum atomic E-state index is 0.432. The molecule has 0 bridgehead atoms. The van der Waals surface area contributed by atoms with E-state index in [2.05, 4.69) is 55.0 Å². The third-order valence-corrected chi connectivity index (χ3v) is 4.09. The van der Waals surface area contributed by atoms with E-state index in [4.69, 9.17) is 0 Å². The van der Waals surface area contributed by atoms with Crippen LogP contribution in [0.4, 0.5) is 5.82 Å². The predicted octanol–water partition coefficient (Wildman–Crippen LogP) is 3.38. The maximum Gasteiger partial charge on any atom is 0.125 e. The van der Waals surface area contributed by atoms with Crippen molar-refractivity contribution >= 4 is 5.82 Å². The summed E-state index contributed by atoms with van der Waals surface area (Å²) in [6, 6.07) is 4.27. The molecule has 2 rings (SSSR count). The molecule has 0 radical (unpaired) electrons. The Labute approximate surface area is 117 Å². The Kier molecular flexibility index (Phi) is 4.46. The smallest absolute Gasteiger partial charge is 0.125 e. The van der Waals surface area contributed by atoms with Crippen molar-refractivity contribution in [1.29, 1.82) is 0 Å². The number of nitrogens with zero attached hydrogens (tertiary/aromatic N) is 2. The summed E-state index contributed by atoms with van der Waals surface area (Å²) in [6.45, 7) is 13.6. The molecule has 1 saturated heterocycles. The predicted molar refractivity (Wildman–Crippen MR) is 81.2 cm³/mol. The van der Waals surface area contributed by atoms with Gasteiger partial charge in [0.15, 0.2) is 0 Å². The van der Waals surface area contributed by atoms with Crippen LogP contribution in [0.15, 0.2) is 18.3 Å². The highest BCUT2D eigenvalue weighted by molar-refractivity contribution is 5.35. The lowest BCUT2D eigenvalue weighted by atomic mass is 9.80. The summed E-state index contributed by atoms with van der Waals surface area (Å²) in [4.78, 5) is 7.00. The van der Waals surface area contributed by atoms with Gasteiger partial charge in [0.05, 0.1) is 0 Å². The second-order valence-corrected chi connectivity index (χ2v) is 6.67. The number of aromatic nitrogens is 1. The number of hydrogen-bond donors (Lipinski definition) is 1. The molecule has 1 fully saturated rings. The highest BCUT2D eigenvalue weighted by atomic mass is 15.1. The number of rotatable bonds is 4. The summed E-state index contributed by atoms with van der Waals surface area (Å²) >= 11 is 0. The Balaban J connectivity index is 1.88. The van der Waals surface area contributed by atoms with Crippen LogP contribution in [0.1, 0.15) is 39.7 Å². The number of hydrogen-bond acceptors (Lipinski definition) is 3. The number of likely N-dealkylation sites (tertiary alicyclic amines) is 1. The molecule has 2 heterocycles. The maximum absolute atomic E-state index is 4.44. The van der Waals surface area contributed by atoms with Crippen LogP contribution in [0.5, 0.6) is 0 Å². The van der Waals surface area contributed by atoms with E-state index >= 15 is 0 Å². The normalized spacial score (nSPS) is 20.7. The Morgan fingerprint density at radius 2 is 2.16 bits per heavy atom. The second-order valence-electron chi connectivity index (χ2n) is 6.67. The summed E-state index contributed by atoms with van der Waals surface area (Å²) < 4.78 is 0. The molecule has 1 aromatic heterocycles. The zero-order chi connectivity index (χ0) is 13.9. The fourth-order valence-corrected chi connectivity index (χ4v) is 2.75. The van der Waals surface area contributed by atoms with Crippen LogP contribution in [0.2, 0.25) is 0 Å². The SMILES string of the molecule is CCNc1ccc(CN2CCC(C(C)(C)C)C2)cn1. The quantitative estimate of drug-likeness (QED) is 0.900. The number of pyridine rings is 1. The van der Waals surface area contributed by atoms with Gasteiger partial charge >= 0.3 is 0 Å². The standard InChI is InChI=1S/C16H27N3/c1-5-17-15-7-6-13(10-18-15)11-19-9-8-14(12-19)16(2,3)4/h6-7,10,14H,5,8-9,11-12H2,1-4H3,(H,17,18). The number of nitrogens with one attached hydrogen (secondary N) is 1. The zero-order valence-corrected chi connectivity index (χ0v) is 12.7. The molecule has 0 amide bonds. The van der Waals surface area contributed by atoms with Gasteiger partial charge in [-0.05, 0) is 42.9 Å². The molecule has 3 nitrogen and oxygen atoms in total. The Bertz CT molecular complexity index is 391. The van der Waals surface area contributed by atoms with E-state index in [1.807, 2.05) is 6.20 Å². The summed E-state index contributed by atoms with van der Waals surface area (Å²) in [5.74, 6) is 1.79. The first-order valence-corrected chi connectivity index (χ1v) is 7.40. The van der Waals surface area contributed by atoms with E-state index in [1.165, 1.54) is 25.1 Å². The summed E-state index contributed by atoms with van der Waals surface area (Å²) in [6.07, 6.45) is 3.33. The maximum atomic E-state index is 4.44. The van der Waals surface area contributed by atoms with Crippen molar-refractivity contribution in [3.05, 3.63) is 23.9 Å². The van der Waals surface area contributed by atoms with Gasteiger partial charge in [0.1, 0.15) is 5.82 Å². The lowest BCUT2D eigenvalue weighted by Gasteiger charge is -2.27. The molecule has 0 aliphatic carbocycles. The Morgan fingerprint density at radius 3 is 2.68 bits per heavy atom. The van der Waals surface area contributed by atoms with Gasteiger partial charge in [0.25, 0.3) is 0 Å². The summed E-state index contributed by atoms with van der Waals surface area (Å²) in [5, 5.41) is 3.23. The van der Waals surface area contributed by atoms with E-state index in [0.29, 0.717) is 5.41 Å². The summed E-state index contributed by atoms with van der Waals surface area (Å²) in [5.41, 5.74) is 1.75. The molecule has 1 atom stereocenters. The van der Waals surface area contributed by atoms with E-state index in [9.17, 15) is 0 Å². The van der Waals surface area contributed by atoms with Crippen LogP contribution in [-0.2, 0) is 6.54 Å². The van der Waals surface area contributed by atoms with Crippen LogP contribution >= 0.6 is 0 Å². The molecule has 0 aromatic carbocycles. The first-order valence-electron chi connectivity index (χ1n) is 7.40. The largest absolute Gasteiger partial charge is 0.370 e. The van der Waals surface area contributed by atoms with Crippen molar-refractivity contribution in [2.24, 2.45) is 11.3 Å². The lowest BCUT2D eigenvalue weighted by molar-refractivity contribution is 0.226. The van der Waals surface area contributed by atoms with Gasteiger partial charge in [-0.1, -0.05) is 26.8 Å². The average Bonchev–Trinajstić information content (AvgIpc) is 2.80. The van der Waals surface area contributed by atoms with E-state index in [1.54, 1.807) is 0 Å². The highest BCUT2D eigenvalue weighted by Gasteiger charge is 2.31. The van der Waals surface area contributed by atoms with Gasteiger partial charge < -0.3 is 5.32 Å². The van der Waals surface area contributed by atoms with Crippen molar-refractivity contribution in [3.8, 4) is 0 Å². The van der Waals surface area contributed by atoms with Crippen molar-refractivity contribution in [2.45, 2.75) is 40.7 Å². The first kappa shape index (κ1) is 14.3. The molecular formula is C16H27N3. The van der Waals surface area contributed by atoms with Gasteiger partial charge in [-0.25, -0.2) is 4.98 Å². The van der Waals surface area contributed by atoms with Crippen molar-refractivity contribution in [3.63, 3.8) is 0 Å². The van der Waals surface area contributed by atoms with E-state index in [-0.39, 0.29) is 0 Å². The third kappa shape index (κ3) is 3.93. The van der Waals surface area contributed by atoms with Gasteiger partial charge in [0, 0.05) is 25.8 Å². The third-order valence-electron chi connectivity index (χ3n) is 4.09. The Morgan fingerprint density at radius 1 is 1.37 bits per heavy atom.